The highest BCUT2D eigenvalue weighted by atomic mass is 35.5. The number of rotatable bonds is 6. The molecule has 0 atom stereocenters. The van der Waals surface area contributed by atoms with Gasteiger partial charge in [-0.25, -0.2) is 0 Å². The van der Waals surface area contributed by atoms with Gasteiger partial charge in [-0.2, -0.15) is 0 Å². The van der Waals surface area contributed by atoms with E-state index >= 15 is 0 Å². The molecule has 2 amide bonds. The molecule has 5 nitrogen and oxygen atoms in total. The van der Waals surface area contributed by atoms with Crippen LogP contribution in [0.4, 0.5) is 5.69 Å². The maximum absolute atomic E-state index is 12.4. The summed E-state index contributed by atoms with van der Waals surface area (Å²) >= 11 is 6.09. The summed E-state index contributed by atoms with van der Waals surface area (Å²) in [4.78, 5) is 24.6. The molecule has 148 valence electrons. The molecule has 0 spiro atoms. The van der Waals surface area contributed by atoms with Crippen molar-refractivity contribution in [2.45, 2.75) is 38.6 Å². The Labute approximate surface area is 170 Å². The lowest BCUT2D eigenvalue weighted by Crippen LogP contribution is -2.31. The first-order chi connectivity index (χ1) is 13.6. The minimum atomic E-state index is -0.223. The highest BCUT2D eigenvalue weighted by molar-refractivity contribution is 6.32. The summed E-state index contributed by atoms with van der Waals surface area (Å²) in [6, 6.07) is 12.3. The third-order valence-electron chi connectivity index (χ3n) is 5.07. The van der Waals surface area contributed by atoms with E-state index in [9.17, 15) is 9.59 Å². The number of hydrogen-bond donors (Lipinski definition) is 2. The molecule has 2 N–H and O–H groups in total. The molecular formula is C22H25ClN2O3. The first-order valence-electron chi connectivity index (χ1n) is 9.58. The summed E-state index contributed by atoms with van der Waals surface area (Å²) in [5.41, 5.74) is 2.10. The second-order valence-corrected chi connectivity index (χ2v) is 7.46. The van der Waals surface area contributed by atoms with Gasteiger partial charge in [0.1, 0.15) is 5.75 Å². The fourth-order valence-corrected chi connectivity index (χ4v) is 3.68. The van der Waals surface area contributed by atoms with E-state index in [2.05, 4.69) is 10.6 Å². The van der Waals surface area contributed by atoms with Crippen LogP contribution < -0.4 is 15.4 Å². The van der Waals surface area contributed by atoms with Gasteiger partial charge in [-0.1, -0.05) is 43.0 Å². The minimum absolute atomic E-state index is 0.137. The second kappa shape index (κ2) is 9.60. The van der Waals surface area contributed by atoms with E-state index in [0.717, 1.165) is 31.2 Å². The molecule has 1 saturated carbocycles. The van der Waals surface area contributed by atoms with Crippen LogP contribution in [0.25, 0.3) is 0 Å². The standard InChI is InChI=1S/C22H25ClN2O3/c1-28-20-12-11-18(13-19(20)23)25-22(27)17-9-7-15(8-10-17)14-24-21(26)16-5-3-2-4-6-16/h7-13,16H,2-6,14H2,1H3,(H,24,26)(H,25,27). The second-order valence-electron chi connectivity index (χ2n) is 7.05. The first-order valence-corrected chi connectivity index (χ1v) is 9.96. The molecule has 0 radical (unpaired) electrons. The Morgan fingerprint density at radius 2 is 1.79 bits per heavy atom. The molecule has 2 aromatic rings. The summed E-state index contributed by atoms with van der Waals surface area (Å²) in [5.74, 6) is 0.617. The van der Waals surface area contributed by atoms with Gasteiger partial charge in [0.2, 0.25) is 5.91 Å². The topological polar surface area (TPSA) is 67.4 Å². The average Bonchev–Trinajstić information content (AvgIpc) is 2.73. The van der Waals surface area contributed by atoms with Gasteiger partial charge >= 0.3 is 0 Å². The quantitative estimate of drug-likeness (QED) is 0.732. The molecule has 28 heavy (non-hydrogen) atoms. The molecule has 2 aromatic carbocycles. The lowest BCUT2D eigenvalue weighted by Gasteiger charge is -2.20. The predicted octanol–water partition coefficient (Wildman–Crippen LogP) is 4.80. The smallest absolute Gasteiger partial charge is 0.255 e. The molecule has 1 fully saturated rings. The number of benzene rings is 2. The van der Waals surface area contributed by atoms with Crippen LogP contribution >= 0.6 is 11.6 Å². The Hall–Kier alpha value is -2.53. The molecule has 0 heterocycles. The molecule has 3 rings (SSSR count). The molecule has 0 bridgehead atoms. The lowest BCUT2D eigenvalue weighted by atomic mass is 9.88. The van der Waals surface area contributed by atoms with Crippen molar-refractivity contribution in [3.63, 3.8) is 0 Å². The van der Waals surface area contributed by atoms with Gasteiger partial charge in [-0.05, 0) is 48.7 Å². The fourth-order valence-electron chi connectivity index (χ4n) is 3.42. The normalized spacial score (nSPS) is 14.4. The number of carbonyl (C=O) groups is 2. The highest BCUT2D eigenvalue weighted by Gasteiger charge is 2.20. The zero-order valence-corrected chi connectivity index (χ0v) is 16.7. The lowest BCUT2D eigenvalue weighted by molar-refractivity contribution is -0.126. The summed E-state index contributed by atoms with van der Waals surface area (Å²) in [6.45, 7) is 0.478. The van der Waals surface area contributed by atoms with Gasteiger partial charge < -0.3 is 15.4 Å². The van der Waals surface area contributed by atoms with Crippen LogP contribution in [-0.4, -0.2) is 18.9 Å². The van der Waals surface area contributed by atoms with Crippen LogP contribution in [0.5, 0.6) is 5.75 Å². The van der Waals surface area contributed by atoms with Crippen LogP contribution in [0.3, 0.4) is 0 Å². The Morgan fingerprint density at radius 1 is 1.07 bits per heavy atom. The van der Waals surface area contributed by atoms with Crippen LogP contribution in [0.2, 0.25) is 5.02 Å². The van der Waals surface area contributed by atoms with Gasteiger partial charge in [-0.15, -0.1) is 0 Å². The molecule has 1 aliphatic carbocycles. The first kappa shape index (κ1) is 20.2. The van der Waals surface area contributed by atoms with Crippen molar-refractivity contribution in [2.75, 3.05) is 12.4 Å². The third-order valence-corrected chi connectivity index (χ3v) is 5.36. The number of methoxy groups -OCH3 is 1. The maximum Gasteiger partial charge on any atom is 0.255 e. The molecular weight excluding hydrogens is 376 g/mol. The third kappa shape index (κ3) is 5.26. The molecule has 6 heteroatoms. The summed E-state index contributed by atoms with van der Waals surface area (Å²) in [7, 11) is 1.54. The van der Waals surface area contributed by atoms with E-state index in [-0.39, 0.29) is 17.7 Å². The van der Waals surface area contributed by atoms with Gasteiger partial charge in [0.05, 0.1) is 12.1 Å². The number of nitrogens with one attached hydrogen (secondary N) is 2. The monoisotopic (exact) mass is 400 g/mol. The predicted molar refractivity (Wildman–Crippen MR) is 111 cm³/mol. The van der Waals surface area contributed by atoms with Crippen molar-refractivity contribution in [1.29, 1.82) is 0 Å². The van der Waals surface area contributed by atoms with E-state index in [1.165, 1.54) is 6.42 Å². The van der Waals surface area contributed by atoms with Gasteiger partial charge in [0.25, 0.3) is 5.91 Å². The van der Waals surface area contributed by atoms with Crippen molar-refractivity contribution < 1.29 is 14.3 Å². The van der Waals surface area contributed by atoms with Crippen molar-refractivity contribution in [3.05, 3.63) is 58.6 Å². The number of halogens is 1. The number of hydrogen-bond acceptors (Lipinski definition) is 3. The highest BCUT2D eigenvalue weighted by Crippen LogP contribution is 2.27. The molecule has 0 aromatic heterocycles. The van der Waals surface area contributed by atoms with Crippen LogP contribution in [0.15, 0.2) is 42.5 Å². The number of ether oxygens (including phenoxy) is 1. The van der Waals surface area contributed by atoms with Crippen molar-refractivity contribution >= 4 is 29.1 Å². The van der Waals surface area contributed by atoms with E-state index in [4.69, 9.17) is 16.3 Å². The van der Waals surface area contributed by atoms with Gasteiger partial charge in [0.15, 0.2) is 0 Å². The zero-order valence-electron chi connectivity index (χ0n) is 16.0. The van der Waals surface area contributed by atoms with E-state index < -0.39 is 0 Å². The molecule has 0 saturated heterocycles. The van der Waals surface area contributed by atoms with E-state index in [0.29, 0.717) is 28.6 Å². The number of amides is 2. The van der Waals surface area contributed by atoms with E-state index in [1.54, 1.807) is 37.4 Å². The number of anilines is 1. The molecule has 1 aliphatic rings. The van der Waals surface area contributed by atoms with Crippen LogP contribution in [0.1, 0.15) is 48.0 Å². The Kier molecular flexibility index (Phi) is 6.93. The summed E-state index contributed by atoms with van der Waals surface area (Å²) in [6.07, 6.45) is 5.49. The Bertz CT molecular complexity index is 830. The van der Waals surface area contributed by atoms with Gasteiger partial charge in [0, 0.05) is 23.7 Å². The van der Waals surface area contributed by atoms with Crippen molar-refractivity contribution in [1.82, 2.24) is 5.32 Å². The maximum atomic E-state index is 12.4. The summed E-state index contributed by atoms with van der Waals surface area (Å²) in [5, 5.41) is 6.26. The average molecular weight is 401 g/mol. The minimum Gasteiger partial charge on any atom is -0.495 e. The van der Waals surface area contributed by atoms with Gasteiger partial charge in [-0.3, -0.25) is 9.59 Å². The van der Waals surface area contributed by atoms with Crippen molar-refractivity contribution in [3.8, 4) is 5.75 Å². The molecule has 0 unspecified atom stereocenters. The largest absolute Gasteiger partial charge is 0.495 e. The van der Waals surface area contributed by atoms with Crippen LogP contribution in [-0.2, 0) is 11.3 Å². The number of carbonyl (C=O) groups excluding carboxylic acids is 2. The Morgan fingerprint density at radius 3 is 2.43 bits per heavy atom. The summed E-state index contributed by atoms with van der Waals surface area (Å²) < 4.78 is 5.11. The Balaban J connectivity index is 1.53. The SMILES string of the molecule is COc1ccc(NC(=O)c2ccc(CNC(=O)C3CCCCC3)cc2)cc1Cl. The van der Waals surface area contributed by atoms with Crippen LogP contribution in [0, 0.1) is 5.92 Å². The molecule has 0 aliphatic heterocycles. The fraction of sp³-hybridized carbons (Fsp3) is 0.364. The van der Waals surface area contributed by atoms with E-state index in [1.807, 2.05) is 12.1 Å². The van der Waals surface area contributed by atoms with Crippen molar-refractivity contribution in [2.24, 2.45) is 5.92 Å². The zero-order chi connectivity index (χ0) is 19.9.